The van der Waals surface area contributed by atoms with Crippen molar-refractivity contribution in [3.8, 4) is 11.5 Å². The first-order valence-electron chi connectivity index (χ1n) is 3.73. The van der Waals surface area contributed by atoms with E-state index in [0.717, 1.165) is 23.2 Å². The molecule has 0 heterocycles. The summed E-state index contributed by atoms with van der Waals surface area (Å²) < 4.78 is 10.4. The molecule has 1 unspecified atom stereocenters. The van der Waals surface area contributed by atoms with Gasteiger partial charge < -0.3 is 9.47 Å². The lowest BCUT2D eigenvalue weighted by Gasteiger charge is -2.10. The molecule has 66 valence electrons. The van der Waals surface area contributed by atoms with Crippen molar-refractivity contribution < 1.29 is 9.47 Å². The van der Waals surface area contributed by atoms with Gasteiger partial charge in [-0.1, -0.05) is 12.1 Å². The molecule has 0 bridgehead atoms. The summed E-state index contributed by atoms with van der Waals surface area (Å²) in [6.45, 7) is 0. The van der Waals surface area contributed by atoms with Gasteiger partial charge in [-0.15, -0.1) is 9.24 Å². The van der Waals surface area contributed by atoms with Gasteiger partial charge in [0.1, 0.15) is 0 Å². The number of hydrogen-bond donors (Lipinski definition) is 0. The average Bonchev–Trinajstić information content (AvgIpc) is 2.16. The van der Waals surface area contributed by atoms with Crippen LogP contribution >= 0.6 is 9.24 Å². The Morgan fingerprint density at radius 1 is 1.25 bits per heavy atom. The minimum absolute atomic E-state index is 0.789. The first-order valence-corrected chi connectivity index (χ1v) is 4.55. The molecule has 12 heavy (non-hydrogen) atoms. The predicted octanol–water partition coefficient (Wildman–Crippen LogP) is 2.08. The summed E-state index contributed by atoms with van der Waals surface area (Å²) in [5, 5.41) is 0. The summed E-state index contributed by atoms with van der Waals surface area (Å²) >= 11 is 0. The molecular formula is C9H13O2P. The van der Waals surface area contributed by atoms with Crippen LogP contribution in [0.15, 0.2) is 18.2 Å². The molecule has 0 spiro atoms. The van der Waals surface area contributed by atoms with Crippen molar-refractivity contribution in [3.05, 3.63) is 23.8 Å². The first-order chi connectivity index (χ1) is 5.83. The molecule has 0 aromatic heterocycles. The minimum Gasteiger partial charge on any atom is -0.493 e. The Kier molecular flexibility index (Phi) is 3.36. The van der Waals surface area contributed by atoms with Crippen LogP contribution in [0.1, 0.15) is 5.56 Å². The maximum Gasteiger partial charge on any atom is 0.164 e. The third-order valence-corrected chi connectivity index (χ3v) is 2.14. The Morgan fingerprint density at radius 2 is 2.00 bits per heavy atom. The zero-order valence-corrected chi connectivity index (χ0v) is 8.49. The molecule has 0 aliphatic heterocycles. The fourth-order valence-electron chi connectivity index (χ4n) is 1.11. The van der Waals surface area contributed by atoms with E-state index in [2.05, 4.69) is 9.24 Å². The maximum absolute atomic E-state index is 5.22. The van der Waals surface area contributed by atoms with Crippen LogP contribution in [0.2, 0.25) is 0 Å². The summed E-state index contributed by atoms with van der Waals surface area (Å²) in [4.78, 5) is 0. The second kappa shape index (κ2) is 4.32. The molecule has 0 saturated heterocycles. The largest absolute Gasteiger partial charge is 0.493 e. The van der Waals surface area contributed by atoms with Gasteiger partial charge in [-0.2, -0.15) is 0 Å². The monoisotopic (exact) mass is 184 g/mol. The van der Waals surface area contributed by atoms with Crippen molar-refractivity contribution in [2.45, 2.75) is 6.16 Å². The number of rotatable bonds is 3. The van der Waals surface area contributed by atoms with Crippen LogP contribution < -0.4 is 9.47 Å². The van der Waals surface area contributed by atoms with E-state index in [4.69, 9.17) is 9.47 Å². The van der Waals surface area contributed by atoms with E-state index >= 15 is 0 Å². The standard InChI is InChI=1S/C9H13O2P/c1-10-8-5-3-4-7(6-12)9(8)11-2/h3-5H,6,12H2,1-2H3. The molecule has 3 heteroatoms. The van der Waals surface area contributed by atoms with Gasteiger partial charge in [-0.05, 0) is 12.2 Å². The molecule has 1 aromatic rings. The fraction of sp³-hybridized carbons (Fsp3) is 0.333. The highest BCUT2D eigenvalue weighted by Crippen LogP contribution is 2.31. The summed E-state index contributed by atoms with van der Waals surface area (Å²) in [5.74, 6) is 1.62. The third-order valence-electron chi connectivity index (χ3n) is 1.70. The topological polar surface area (TPSA) is 18.5 Å². The van der Waals surface area contributed by atoms with Crippen molar-refractivity contribution in [3.63, 3.8) is 0 Å². The molecule has 0 N–H and O–H groups in total. The van der Waals surface area contributed by atoms with Crippen LogP contribution in [0.25, 0.3) is 0 Å². The van der Waals surface area contributed by atoms with Crippen LogP contribution in [-0.2, 0) is 6.16 Å². The molecule has 0 fully saturated rings. The van der Waals surface area contributed by atoms with Crippen molar-refractivity contribution >= 4 is 9.24 Å². The Hall–Kier alpha value is -0.750. The summed E-state index contributed by atoms with van der Waals surface area (Å²) in [7, 11) is 5.96. The number of hydrogen-bond acceptors (Lipinski definition) is 2. The van der Waals surface area contributed by atoms with E-state index in [9.17, 15) is 0 Å². The lowest BCUT2D eigenvalue weighted by Crippen LogP contribution is -1.93. The highest BCUT2D eigenvalue weighted by atomic mass is 31.0. The van der Waals surface area contributed by atoms with Gasteiger partial charge in [-0.3, -0.25) is 0 Å². The molecule has 0 amide bonds. The molecule has 1 rings (SSSR count). The molecule has 2 nitrogen and oxygen atoms in total. The Morgan fingerprint density at radius 3 is 2.50 bits per heavy atom. The highest BCUT2D eigenvalue weighted by Gasteiger charge is 2.06. The van der Waals surface area contributed by atoms with Gasteiger partial charge >= 0.3 is 0 Å². The normalized spacial score (nSPS) is 9.58. The van der Waals surface area contributed by atoms with E-state index < -0.39 is 0 Å². The van der Waals surface area contributed by atoms with Crippen LogP contribution in [0.5, 0.6) is 11.5 Å². The summed E-state index contributed by atoms with van der Waals surface area (Å²) in [5.41, 5.74) is 1.14. The van der Waals surface area contributed by atoms with Crippen LogP contribution in [0.4, 0.5) is 0 Å². The zero-order valence-electron chi connectivity index (χ0n) is 7.33. The molecule has 0 aliphatic carbocycles. The van der Waals surface area contributed by atoms with Crippen LogP contribution in [-0.4, -0.2) is 14.2 Å². The first kappa shape index (κ1) is 9.34. The van der Waals surface area contributed by atoms with Gasteiger partial charge in [0.05, 0.1) is 14.2 Å². The summed E-state index contributed by atoms with van der Waals surface area (Å²) in [6.07, 6.45) is 0.875. The van der Waals surface area contributed by atoms with Gasteiger partial charge in [0.25, 0.3) is 0 Å². The van der Waals surface area contributed by atoms with Crippen molar-refractivity contribution in [1.29, 1.82) is 0 Å². The average molecular weight is 184 g/mol. The Labute approximate surface area is 75.1 Å². The predicted molar refractivity (Wildman–Crippen MR) is 53.0 cm³/mol. The number of methoxy groups -OCH3 is 2. The summed E-state index contributed by atoms with van der Waals surface area (Å²) in [6, 6.07) is 5.87. The van der Waals surface area contributed by atoms with E-state index in [1.54, 1.807) is 14.2 Å². The molecular weight excluding hydrogens is 171 g/mol. The number of ether oxygens (including phenoxy) is 2. The fourth-order valence-corrected chi connectivity index (χ4v) is 1.44. The van der Waals surface area contributed by atoms with E-state index in [0.29, 0.717) is 0 Å². The van der Waals surface area contributed by atoms with E-state index in [-0.39, 0.29) is 0 Å². The molecule has 1 aromatic carbocycles. The lowest BCUT2D eigenvalue weighted by molar-refractivity contribution is 0.352. The van der Waals surface area contributed by atoms with E-state index in [1.165, 1.54) is 0 Å². The quantitative estimate of drug-likeness (QED) is 0.669. The second-order valence-corrected chi connectivity index (χ2v) is 2.77. The van der Waals surface area contributed by atoms with Crippen LogP contribution in [0, 0.1) is 0 Å². The lowest BCUT2D eigenvalue weighted by atomic mass is 10.2. The minimum atomic E-state index is 0.789. The van der Waals surface area contributed by atoms with Crippen molar-refractivity contribution in [2.24, 2.45) is 0 Å². The molecule has 0 saturated carbocycles. The van der Waals surface area contributed by atoms with Gasteiger partial charge in [0.2, 0.25) is 0 Å². The third kappa shape index (κ3) is 1.70. The number of para-hydroxylation sites is 1. The smallest absolute Gasteiger partial charge is 0.164 e. The van der Waals surface area contributed by atoms with Crippen molar-refractivity contribution in [2.75, 3.05) is 14.2 Å². The molecule has 1 atom stereocenters. The van der Waals surface area contributed by atoms with Crippen LogP contribution in [0.3, 0.4) is 0 Å². The molecule has 0 aliphatic rings. The van der Waals surface area contributed by atoms with Gasteiger partial charge in [0.15, 0.2) is 11.5 Å². The Bertz CT molecular complexity index is 238. The molecule has 0 radical (unpaired) electrons. The Balaban J connectivity index is 3.13. The van der Waals surface area contributed by atoms with Crippen molar-refractivity contribution in [1.82, 2.24) is 0 Å². The second-order valence-electron chi connectivity index (χ2n) is 2.36. The van der Waals surface area contributed by atoms with E-state index in [1.807, 2.05) is 18.2 Å². The highest BCUT2D eigenvalue weighted by molar-refractivity contribution is 7.15. The number of benzene rings is 1. The van der Waals surface area contributed by atoms with Gasteiger partial charge in [-0.25, -0.2) is 0 Å². The zero-order chi connectivity index (χ0) is 8.97. The van der Waals surface area contributed by atoms with Gasteiger partial charge in [0, 0.05) is 5.56 Å². The maximum atomic E-state index is 5.22. The SMILES string of the molecule is COc1cccc(CP)c1OC.